The van der Waals surface area contributed by atoms with E-state index in [1.165, 1.54) is 7.11 Å². The Hall–Kier alpha value is -3.39. The van der Waals surface area contributed by atoms with Crippen molar-refractivity contribution in [1.82, 2.24) is 10.6 Å². The van der Waals surface area contributed by atoms with Gasteiger partial charge in [-0.25, -0.2) is 9.59 Å². The van der Waals surface area contributed by atoms with Crippen molar-refractivity contribution in [3.63, 3.8) is 0 Å². The van der Waals surface area contributed by atoms with E-state index in [2.05, 4.69) is 22.8 Å². The van der Waals surface area contributed by atoms with Crippen LogP contribution in [0.4, 0.5) is 4.79 Å². The van der Waals surface area contributed by atoms with E-state index in [0.717, 1.165) is 28.7 Å². The normalized spacial score (nSPS) is 14.9. The Balaban J connectivity index is 1.59. The number of aliphatic carboxylic acids is 1. The molecule has 0 aliphatic heterocycles. The summed E-state index contributed by atoms with van der Waals surface area (Å²) in [5.41, 5.74) is 4.53. The van der Waals surface area contributed by atoms with Gasteiger partial charge in [0, 0.05) is 25.5 Å². The number of carboxylic acids is 1. The molecule has 2 unspecified atom stereocenters. The van der Waals surface area contributed by atoms with E-state index in [0.29, 0.717) is 6.42 Å². The molecule has 34 heavy (non-hydrogen) atoms. The number of ether oxygens (including phenoxy) is 2. The molecule has 0 bridgehead atoms. The van der Waals surface area contributed by atoms with Gasteiger partial charge in [0.15, 0.2) is 6.04 Å². The lowest BCUT2D eigenvalue weighted by atomic mass is 9.98. The fraction of sp³-hybridized carbons (Fsp3) is 0.423. The highest BCUT2D eigenvalue weighted by Gasteiger charge is 2.30. The van der Waals surface area contributed by atoms with Crippen LogP contribution in [0.5, 0.6) is 0 Å². The highest BCUT2D eigenvalue weighted by molar-refractivity contribution is 5.84. The van der Waals surface area contributed by atoms with Crippen LogP contribution in [0, 0.1) is 0 Å². The zero-order valence-corrected chi connectivity index (χ0v) is 19.7. The zero-order valence-electron chi connectivity index (χ0n) is 19.7. The molecule has 3 rings (SSSR count). The van der Waals surface area contributed by atoms with E-state index in [1.54, 1.807) is 6.92 Å². The lowest BCUT2D eigenvalue weighted by Crippen LogP contribution is -2.50. The third-order valence-electron chi connectivity index (χ3n) is 6.16. The van der Waals surface area contributed by atoms with Crippen LogP contribution in [0.25, 0.3) is 11.1 Å². The maximum atomic E-state index is 12.6. The molecule has 1 aliphatic carbocycles. The number of alkyl carbamates (subject to hydrolysis) is 1. The number of rotatable bonds is 11. The monoisotopic (exact) mass is 468 g/mol. The van der Waals surface area contributed by atoms with E-state index in [1.807, 2.05) is 43.3 Å². The molecule has 8 nitrogen and oxygen atoms in total. The Bertz CT molecular complexity index is 978. The molecular formula is C26H32N2O6. The highest BCUT2D eigenvalue weighted by Crippen LogP contribution is 2.44. The molecule has 0 spiro atoms. The molecular weight excluding hydrogens is 436 g/mol. The van der Waals surface area contributed by atoms with Gasteiger partial charge in [0.2, 0.25) is 5.91 Å². The number of nitrogens with one attached hydrogen (secondary N) is 2. The van der Waals surface area contributed by atoms with Gasteiger partial charge in [0.05, 0.1) is 6.10 Å². The molecule has 2 aromatic carbocycles. The van der Waals surface area contributed by atoms with Gasteiger partial charge in [0.25, 0.3) is 0 Å². The van der Waals surface area contributed by atoms with Gasteiger partial charge in [-0.1, -0.05) is 61.9 Å². The lowest BCUT2D eigenvalue weighted by Gasteiger charge is -2.23. The predicted molar refractivity (Wildman–Crippen MR) is 128 cm³/mol. The Kier molecular flexibility index (Phi) is 8.65. The van der Waals surface area contributed by atoms with Crippen LogP contribution in [0.1, 0.15) is 50.2 Å². The van der Waals surface area contributed by atoms with Gasteiger partial charge in [0.1, 0.15) is 6.61 Å². The number of amides is 2. The van der Waals surface area contributed by atoms with Crippen LogP contribution in [0.15, 0.2) is 48.5 Å². The summed E-state index contributed by atoms with van der Waals surface area (Å²) in [7, 11) is 1.38. The van der Waals surface area contributed by atoms with Crippen molar-refractivity contribution in [1.29, 1.82) is 0 Å². The van der Waals surface area contributed by atoms with Crippen LogP contribution in [-0.4, -0.2) is 55.0 Å². The SMILES string of the molecule is CCC[C@H](CC(=O)NC(C(=O)O)C(C)OC)NC(=O)OCC1c2ccccc2-c2ccccc21. The maximum absolute atomic E-state index is 12.6. The van der Waals surface area contributed by atoms with Crippen LogP contribution < -0.4 is 10.6 Å². The second-order valence-corrected chi connectivity index (χ2v) is 8.48. The molecule has 1 aliphatic rings. The van der Waals surface area contributed by atoms with Crippen molar-refractivity contribution in [2.45, 2.75) is 57.2 Å². The third kappa shape index (κ3) is 5.94. The summed E-state index contributed by atoms with van der Waals surface area (Å²) in [6, 6.07) is 14.5. The van der Waals surface area contributed by atoms with Crippen molar-refractivity contribution in [3.05, 3.63) is 59.7 Å². The van der Waals surface area contributed by atoms with E-state index < -0.39 is 36.2 Å². The van der Waals surface area contributed by atoms with Crippen LogP contribution in [0.2, 0.25) is 0 Å². The second kappa shape index (κ2) is 11.7. The van der Waals surface area contributed by atoms with Crippen LogP contribution in [0.3, 0.4) is 0 Å². The number of carbonyl (C=O) groups is 3. The topological polar surface area (TPSA) is 114 Å². The summed E-state index contributed by atoms with van der Waals surface area (Å²) in [5, 5.41) is 14.6. The second-order valence-electron chi connectivity index (χ2n) is 8.48. The van der Waals surface area contributed by atoms with E-state index in [9.17, 15) is 19.5 Å². The number of methoxy groups -OCH3 is 1. The molecule has 182 valence electrons. The predicted octanol–water partition coefficient (Wildman–Crippen LogP) is 3.69. The van der Waals surface area contributed by atoms with Crippen LogP contribution in [-0.2, 0) is 19.1 Å². The van der Waals surface area contributed by atoms with Crippen molar-refractivity contribution < 1.29 is 29.0 Å². The highest BCUT2D eigenvalue weighted by atomic mass is 16.5. The van der Waals surface area contributed by atoms with Gasteiger partial charge in [-0.3, -0.25) is 4.79 Å². The quantitative estimate of drug-likeness (QED) is 0.464. The first-order chi connectivity index (χ1) is 16.3. The lowest BCUT2D eigenvalue weighted by molar-refractivity contribution is -0.145. The van der Waals surface area contributed by atoms with E-state index in [-0.39, 0.29) is 18.9 Å². The van der Waals surface area contributed by atoms with Crippen molar-refractivity contribution in [2.24, 2.45) is 0 Å². The van der Waals surface area contributed by atoms with Gasteiger partial charge in [-0.2, -0.15) is 0 Å². The average Bonchev–Trinajstić information content (AvgIpc) is 3.14. The largest absolute Gasteiger partial charge is 0.480 e. The molecule has 0 radical (unpaired) electrons. The smallest absolute Gasteiger partial charge is 0.407 e. The number of fused-ring (bicyclic) bond motifs is 3. The fourth-order valence-corrected chi connectivity index (χ4v) is 4.35. The number of carboxylic acid groups (broad SMARTS) is 1. The fourth-order valence-electron chi connectivity index (χ4n) is 4.35. The number of hydrogen-bond acceptors (Lipinski definition) is 5. The number of carbonyl (C=O) groups excluding carboxylic acids is 2. The summed E-state index contributed by atoms with van der Waals surface area (Å²) >= 11 is 0. The summed E-state index contributed by atoms with van der Waals surface area (Å²) in [4.78, 5) is 36.5. The number of benzene rings is 2. The number of hydrogen-bond donors (Lipinski definition) is 3. The zero-order chi connectivity index (χ0) is 24.7. The van der Waals surface area contributed by atoms with Gasteiger partial charge in [-0.15, -0.1) is 0 Å². The summed E-state index contributed by atoms with van der Waals surface area (Å²) in [6.45, 7) is 3.69. The molecule has 8 heteroatoms. The molecule has 3 atom stereocenters. The Labute approximate surface area is 199 Å². The maximum Gasteiger partial charge on any atom is 0.407 e. The average molecular weight is 469 g/mol. The molecule has 0 saturated heterocycles. The van der Waals surface area contributed by atoms with Gasteiger partial charge in [-0.05, 0) is 35.6 Å². The molecule has 0 saturated carbocycles. The summed E-state index contributed by atoms with van der Waals surface area (Å²) < 4.78 is 10.6. The van der Waals surface area contributed by atoms with Crippen molar-refractivity contribution in [3.8, 4) is 11.1 Å². The van der Waals surface area contributed by atoms with E-state index in [4.69, 9.17) is 9.47 Å². The van der Waals surface area contributed by atoms with Crippen LogP contribution >= 0.6 is 0 Å². The molecule has 2 aromatic rings. The molecule has 2 amide bonds. The Morgan fingerprint density at radius 1 is 1.00 bits per heavy atom. The summed E-state index contributed by atoms with van der Waals surface area (Å²) in [6.07, 6.45) is -0.0689. The van der Waals surface area contributed by atoms with Crippen molar-refractivity contribution in [2.75, 3.05) is 13.7 Å². The first-order valence-corrected chi connectivity index (χ1v) is 11.5. The minimum Gasteiger partial charge on any atom is -0.480 e. The van der Waals surface area contributed by atoms with Gasteiger partial charge < -0.3 is 25.2 Å². The molecule has 0 heterocycles. The van der Waals surface area contributed by atoms with E-state index >= 15 is 0 Å². The Morgan fingerprint density at radius 3 is 2.12 bits per heavy atom. The molecule has 0 aromatic heterocycles. The van der Waals surface area contributed by atoms with Crippen molar-refractivity contribution >= 4 is 18.0 Å². The van der Waals surface area contributed by atoms with Gasteiger partial charge >= 0.3 is 12.1 Å². The molecule has 3 N–H and O–H groups in total. The molecule has 0 fully saturated rings. The first-order valence-electron chi connectivity index (χ1n) is 11.5. The minimum atomic E-state index is -1.18. The third-order valence-corrected chi connectivity index (χ3v) is 6.16. The first kappa shape index (κ1) is 25.2. The minimum absolute atomic E-state index is 0.0573. The summed E-state index contributed by atoms with van der Waals surface area (Å²) in [5.74, 6) is -1.72. The Morgan fingerprint density at radius 2 is 1.59 bits per heavy atom. The standard InChI is InChI=1S/C26H32N2O6/c1-4-9-17(14-23(29)28-24(25(30)31)16(2)33-3)27-26(32)34-15-22-20-12-7-5-10-18(20)19-11-6-8-13-21(19)22/h5-8,10-13,16-17,22,24H,4,9,14-15H2,1-3H3,(H,27,32)(H,28,29)(H,30,31)/t16?,17-,24?/m1/s1.